The first-order valence-corrected chi connectivity index (χ1v) is 6.78. The van der Waals surface area contributed by atoms with E-state index in [0.717, 1.165) is 18.7 Å². The van der Waals surface area contributed by atoms with E-state index in [9.17, 15) is 4.79 Å². The van der Waals surface area contributed by atoms with E-state index < -0.39 is 0 Å². The molecule has 0 bridgehead atoms. The SMILES string of the molecule is COc1ccc(CCNC(=O)CCn2cccc2)cc1. The van der Waals surface area contributed by atoms with Gasteiger partial charge in [0.15, 0.2) is 0 Å². The van der Waals surface area contributed by atoms with Crippen LogP contribution in [0.2, 0.25) is 0 Å². The van der Waals surface area contributed by atoms with Crippen LogP contribution in [0.5, 0.6) is 5.75 Å². The Morgan fingerprint density at radius 1 is 1.20 bits per heavy atom. The molecular formula is C16H20N2O2. The van der Waals surface area contributed by atoms with Gasteiger partial charge in [0.25, 0.3) is 0 Å². The molecule has 0 aliphatic heterocycles. The molecule has 0 fully saturated rings. The van der Waals surface area contributed by atoms with Crippen LogP contribution in [-0.4, -0.2) is 24.1 Å². The number of carbonyl (C=O) groups excluding carboxylic acids is 1. The number of aromatic nitrogens is 1. The molecule has 1 aromatic carbocycles. The molecule has 1 heterocycles. The lowest BCUT2D eigenvalue weighted by atomic mass is 10.1. The van der Waals surface area contributed by atoms with Gasteiger partial charge in [-0.1, -0.05) is 12.1 Å². The molecule has 0 aliphatic rings. The largest absolute Gasteiger partial charge is 0.497 e. The Labute approximate surface area is 119 Å². The normalized spacial score (nSPS) is 10.2. The van der Waals surface area contributed by atoms with Crippen molar-refractivity contribution in [3.8, 4) is 5.75 Å². The minimum absolute atomic E-state index is 0.0900. The summed E-state index contributed by atoms with van der Waals surface area (Å²) < 4.78 is 7.11. The van der Waals surface area contributed by atoms with Crippen LogP contribution >= 0.6 is 0 Å². The van der Waals surface area contributed by atoms with Crippen LogP contribution < -0.4 is 10.1 Å². The maximum atomic E-state index is 11.7. The molecule has 0 saturated carbocycles. The zero-order chi connectivity index (χ0) is 14.2. The first-order valence-electron chi connectivity index (χ1n) is 6.78. The highest BCUT2D eigenvalue weighted by molar-refractivity contribution is 5.75. The highest BCUT2D eigenvalue weighted by Gasteiger charge is 2.01. The topological polar surface area (TPSA) is 43.3 Å². The Morgan fingerprint density at radius 3 is 2.55 bits per heavy atom. The highest BCUT2D eigenvalue weighted by atomic mass is 16.5. The number of nitrogens with zero attached hydrogens (tertiary/aromatic N) is 1. The molecule has 1 N–H and O–H groups in total. The Morgan fingerprint density at radius 2 is 1.90 bits per heavy atom. The van der Waals surface area contributed by atoms with Gasteiger partial charge < -0.3 is 14.6 Å². The third kappa shape index (κ3) is 4.46. The number of amides is 1. The fraction of sp³-hybridized carbons (Fsp3) is 0.312. The van der Waals surface area contributed by atoms with Crippen LogP contribution in [-0.2, 0) is 17.8 Å². The third-order valence-electron chi connectivity index (χ3n) is 3.16. The van der Waals surface area contributed by atoms with Crippen LogP contribution in [0.25, 0.3) is 0 Å². The number of ether oxygens (including phenoxy) is 1. The van der Waals surface area contributed by atoms with E-state index in [0.29, 0.717) is 13.0 Å². The van der Waals surface area contributed by atoms with Gasteiger partial charge >= 0.3 is 0 Å². The van der Waals surface area contributed by atoms with E-state index in [4.69, 9.17) is 4.74 Å². The number of nitrogens with one attached hydrogen (secondary N) is 1. The van der Waals surface area contributed by atoms with Crippen LogP contribution in [0.15, 0.2) is 48.8 Å². The van der Waals surface area contributed by atoms with Crippen molar-refractivity contribution in [1.29, 1.82) is 0 Å². The minimum Gasteiger partial charge on any atom is -0.497 e. The van der Waals surface area contributed by atoms with Crippen molar-refractivity contribution in [2.24, 2.45) is 0 Å². The highest BCUT2D eigenvalue weighted by Crippen LogP contribution is 2.11. The van der Waals surface area contributed by atoms with Gasteiger partial charge in [-0.3, -0.25) is 4.79 Å². The zero-order valence-electron chi connectivity index (χ0n) is 11.7. The monoisotopic (exact) mass is 272 g/mol. The van der Waals surface area contributed by atoms with Gasteiger partial charge in [-0.2, -0.15) is 0 Å². The van der Waals surface area contributed by atoms with Crippen LogP contribution in [0, 0.1) is 0 Å². The van der Waals surface area contributed by atoms with Crippen molar-refractivity contribution in [3.63, 3.8) is 0 Å². The number of aryl methyl sites for hydroxylation is 1. The minimum atomic E-state index is 0.0900. The van der Waals surface area contributed by atoms with Gasteiger partial charge in [-0.05, 0) is 36.2 Å². The summed E-state index contributed by atoms with van der Waals surface area (Å²) in [5.74, 6) is 0.941. The molecule has 0 unspecified atom stereocenters. The van der Waals surface area contributed by atoms with E-state index in [-0.39, 0.29) is 5.91 Å². The summed E-state index contributed by atoms with van der Waals surface area (Å²) in [5, 5.41) is 2.94. The second-order valence-electron chi connectivity index (χ2n) is 4.62. The lowest BCUT2D eigenvalue weighted by molar-refractivity contribution is -0.121. The van der Waals surface area contributed by atoms with Crippen LogP contribution in [0.4, 0.5) is 0 Å². The fourth-order valence-electron chi connectivity index (χ4n) is 1.98. The van der Waals surface area contributed by atoms with Crippen molar-refractivity contribution in [1.82, 2.24) is 9.88 Å². The maximum Gasteiger partial charge on any atom is 0.221 e. The number of hydrogen-bond donors (Lipinski definition) is 1. The van der Waals surface area contributed by atoms with Gasteiger partial charge in [-0.25, -0.2) is 0 Å². The number of methoxy groups -OCH3 is 1. The first kappa shape index (κ1) is 14.2. The van der Waals surface area contributed by atoms with Gasteiger partial charge in [-0.15, -0.1) is 0 Å². The van der Waals surface area contributed by atoms with Crippen LogP contribution in [0.3, 0.4) is 0 Å². The van der Waals surface area contributed by atoms with E-state index in [1.165, 1.54) is 5.56 Å². The second kappa shape index (κ2) is 7.38. The number of hydrogen-bond acceptors (Lipinski definition) is 2. The lowest BCUT2D eigenvalue weighted by Gasteiger charge is -2.07. The maximum absolute atomic E-state index is 11.7. The summed E-state index contributed by atoms with van der Waals surface area (Å²) >= 11 is 0. The van der Waals surface area contributed by atoms with E-state index in [1.807, 2.05) is 53.4 Å². The quantitative estimate of drug-likeness (QED) is 0.840. The number of carbonyl (C=O) groups is 1. The molecule has 0 saturated heterocycles. The Kier molecular flexibility index (Phi) is 5.24. The molecule has 4 nitrogen and oxygen atoms in total. The number of rotatable bonds is 7. The fourth-order valence-corrected chi connectivity index (χ4v) is 1.98. The molecule has 1 amide bonds. The van der Waals surface area contributed by atoms with Crippen molar-refractivity contribution >= 4 is 5.91 Å². The van der Waals surface area contributed by atoms with Gasteiger partial charge in [0.2, 0.25) is 5.91 Å². The van der Waals surface area contributed by atoms with Crippen molar-refractivity contribution in [2.45, 2.75) is 19.4 Å². The lowest BCUT2D eigenvalue weighted by Crippen LogP contribution is -2.26. The molecule has 4 heteroatoms. The summed E-state index contributed by atoms with van der Waals surface area (Å²) in [6.45, 7) is 1.39. The van der Waals surface area contributed by atoms with Crippen molar-refractivity contribution in [3.05, 3.63) is 54.4 Å². The smallest absolute Gasteiger partial charge is 0.221 e. The molecule has 0 atom stereocenters. The summed E-state index contributed by atoms with van der Waals surface area (Å²) in [6, 6.07) is 11.8. The average Bonchev–Trinajstić information content (AvgIpc) is 2.99. The van der Waals surface area contributed by atoms with E-state index >= 15 is 0 Å². The standard InChI is InChI=1S/C16H20N2O2/c1-20-15-6-4-14(5-7-15)8-10-17-16(19)9-13-18-11-2-3-12-18/h2-7,11-12H,8-10,13H2,1H3,(H,17,19). The van der Waals surface area contributed by atoms with Crippen molar-refractivity contribution in [2.75, 3.05) is 13.7 Å². The zero-order valence-corrected chi connectivity index (χ0v) is 11.7. The summed E-state index contributed by atoms with van der Waals surface area (Å²) in [4.78, 5) is 11.7. The summed E-state index contributed by atoms with van der Waals surface area (Å²) in [6.07, 6.45) is 5.27. The molecule has 0 aliphatic carbocycles. The van der Waals surface area contributed by atoms with Gasteiger partial charge in [0.05, 0.1) is 7.11 Å². The van der Waals surface area contributed by atoms with Gasteiger partial charge in [0.1, 0.15) is 5.75 Å². The molecule has 106 valence electrons. The Hall–Kier alpha value is -2.23. The molecule has 20 heavy (non-hydrogen) atoms. The molecule has 2 aromatic rings. The van der Waals surface area contributed by atoms with E-state index in [1.54, 1.807) is 7.11 Å². The van der Waals surface area contributed by atoms with Gasteiger partial charge in [0, 0.05) is 31.9 Å². The predicted octanol–water partition coefficient (Wildman–Crippen LogP) is 2.25. The molecule has 0 radical (unpaired) electrons. The third-order valence-corrected chi connectivity index (χ3v) is 3.16. The van der Waals surface area contributed by atoms with E-state index in [2.05, 4.69) is 5.32 Å². The summed E-state index contributed by atoms with van der Waals surface area (Å²) in [5.41, 5.74) is 1.19. The average molecular weight is 272 g/mol. The predicted molar refractivity (Wildman–Crippen MR) is 78.8 cm³/mol. The summed E-state index contributed by atoms with van der Waals surface area (Å²) in [7, 11) is 1.65. The second-order valence-corrected chi connectivity index (χ2v) is 4.62. The Bertz CT molecular complexity index is 518. The molecule has 2 rings (SSSR count). The molecular weight excluding hydrogens is 252 g/mol. The van der Waals surface area contributed by atoms with Crippen LogP contribution in [0.1, 0.15) is 12.0 Å². The first-order chi connectivity index (χ1) is 9.78. The van der Waals surface area contributed by atoms with Crippen molar-refractivity contribution < 1.29 is 9.53 Å². The molecule has 0 spiro atoms. The number of benzene rings is 1. The Balaban J connectivity index is 1.65. The molecule has 1 aromatic heterocycles.